The molecule has 130 valence electrons. The molecule has 1 aromatic heterocycles. The van der Waals surface area contributed by atoms with Gasteiger partial charge >= 0.3 is 5.97 Å². The van der Waals surface area contributed by atoms with Crippen LogP contribution in [0.3, 0.4) is 0 Å². The average molecular weight is 340 g/mol. The van der Waals surface area contributed by atoms with Crippen LogP contribution in [0.25, 0.3) is 6.08 Å². The maximum absolute atomic E-state index is 12.7. The van der Waals surface area contributed by atoms with Crippen LogP contribution in [0.5, 0.6) is 5.75 Å². The van der Waals surface area contributed by atoms with E-state index in [2.05, 4.69) is 5.10 Å². The van der Waals surface area contributed by atoms with E-state index in [1.807, 2.05) is 19.3 Å². The first-order valence-electron chi connectivity index (χ1n) is 8.05. The van der Waals surface area contributed by atoms with Crippen LogP contribution >= 0.6 is 0 Å². The van der Waals surface area contributed by atoms with Crippen LogP contribution in [0, 0.1) is 0 Å². The number of benzene rings is 1. The third-order valence-electron chi connectivity index (χ3n) is 4.23. The van der Waals surface area contributed by atoms with E-state index in [1.54, 1.807) is 29.1 Å². The molecule has 2 aromatic rings. The standard InChI is InChI=1S/C19H20N2O4/c1-19(2,18(23)24)25-15-6-7-16-13(9-15)4-5-14(17(16)22)8-12-10-20-21(3)11-12/h6-11H,4-5H2,1-3H3,(H,23,24)/b14-8-. The number of carboxylic acid groups (broad SMARTS) is 1. The molecule has 0 atom stereocenters. The molecule has 0 radical (unpaired) electrons. The number of aromatic nitrogens is 2. The van der Waals surface area contributed by atoms with Gasteiger partial charge in [-0.3, -0.25) is 9.48 Å². The van der Waals surface area contributed by atoms with Gasteiger partial charge in [0, 0.05) is 29.9 Å². The van der Waals surface area contributed by atoms with Gasteiger partial charge in [-0.25, -0.2) is 4.79 Å². The number of fused-ring (bicyclic) bond motifs is 1. The minimum atomic E-state index is -1.32. The van der Waals surface area contributed by atoms with Crippen molar-refractivity contribution in [3.8, 4) is 5.75 Å². The lowest BCUT2D eigenvalue weighted by Gasteiger charge is -2.23. The number of aryl methyl sites for hydroxylation is 2. The van der Waals surface area contributed by atoms with Crippen molar-refractivity contribution in [1.29, 1.82) is 0 Å². The zero-order chi connectivity index (χ0) is 18.2. The number of Topliss-reactive ketones (excluding diaryl/α,β-unsaturated/α-hetero) is 1. The number of hydrogen-bond acceptors (Lipinski definition) is 4. The summed E-state index contributed by atoms with van der Waals surface area (Å²) in [6, 6.07) is 5.12. The number of aliphatic carboxylic acids is 1. The van der Waals surface area contributed by atoms with Crippen LogP contribution in [-0.4, -0.2) is 32.2 Å². The molecule has 0 fully saturated rings. The molecule has 3 rings (SSSR count). The van der Waals surface area contributed by atoms with Gasteiger partial charge in [0.1, 0.15) is 5.75 Å². The van der Waals surface area contributed by atoms with Crippen LogP contribution in [0.15, 0.2) is 36.2 Å². The van der Waals surface area contributed by atoms with Crippen LogP contribution in [0.2, 0.25) is 0 Å². The summed E-state index contributed by atoms with van der Waals surface area (Å²) in [5, 5.41) is 13.3. The SMILES string of the molecule is Cn1cc(/C=C2/CCc3cc(OC(C)(C)C(=O)O)ccc3C2=O)cn1. The Balaban J connectivity index is 1.85. The highest BCUT2D eigenvalue weighted by Gasteiger charge is 2.30. The minimum Gasteiger partial charge on any atom is -0.478 e. The highest BCUT2D eigenvalue weighted by atomic mass is 16.5. The molecule has 1 heterocycles. The van der Waals surface area contributed by atoms with Crippen molar-refractivity contribution in [2.24, 2.45) is 7.05 Å². The topological polar surface area (TPSA) is 81.4 Å². The highest BCUT2D eigenvalue weighted by molar-refractivity contribution is 6.13. The summed E-state index contributed by atoms with van der Waals surface area (Å²) >= 11 is 0. The average Bonchev–Trinajstić information content (AvgIpc) is 2.95. The van der Waals surface area contributed by atoms with Crippen molar-refractivity contribution in [3.05, 3.63) is 52.9 Å². The molecule has 0 saturated heterocycles. The molecule has 6 heteroatoms. The summed E-state index contributed by atoms with van der Waals surface area (Å²) in [6.07, 6.45) is 6.79. The number of carbonyl (C=O) groups is 2. The number of allylic oxidation sites excluding steroid dienone is 1. The van der Waals surface area contributed by atoms with E-state index < -0.39 is 11.6 Å². The lowest BCUT2D eigenvalue weighted by molar-refractivity contribution is -0.152. The molecule has 0 bridgehead atoms. The van der Waals surface area contributed by atoms with Gasteiger partial charge in [0.2, 0.25) is 0 Å². The molecule has 0 unspecified atom stereocenters. The van der Waals surface area contributed by atoms with Crippen molar-refractivity contribution in [3.63, 3.8) is 0 Å². The fourth-order valence-corrected chi connectivity index (χ4v) is 2.81. The van der Waals surface area contributed by atoms with Gasteiger partial charge in [0.05, 0.1) is 6.20 Å². The molecule has 6 nitrogen and oxygen atoms in total. The van der Waals surface area contributed by atoms with Crippen LogP contribution in [0.1, 0.15) is 41.8 Å². The Morgan fingerprint density at radius 3 is 2.76 bits per heavy atom. The zero-order valence-electron chi connectivity index (χ0n) is 14.4. The molecule has 1 aliphatic carbocycles. The van der Waals surface area contributed by atoms with Crippen molar-refractivity contribution < 1.29 is 19.4 Å². The molecular weight excluding hydrogens is 320 g/mol. The van der Waals surface area contributed by atoms with Crippen LogP contribution in [0.4, 0.5) is 0 Å². The second-order valence-corrected chi connectivity index (χ2v) is 6.68. The van der Waals surface area contributed by atoms with E-state index in [9.17, 15) is 9.59 Å². The van der Waals surface area contributed by atoms with Gasteiger partial charge in [0.15, 0.2) is 11.4 Å². The number of ether oxygens (including phenoxy) is 1. The fraction of sp³-hybridized carbons (Fsp3) is 0.316. The number of nitrogens with zero attached hydrogens (tertiary/aromatic N) is 2. The Bertz CT molecular complexity index is 877. The van der Waals surface area contributed by atoms with Gasteiger partial charge in [-0.05, 0) is 56.5 Å². The summed E-state index contributed by atoms with van der Waals surface area (Å²) in [5.74, 6) is -0.587. The molecule has 1 aromatic carbocycles. The van der Waals surface area contributed by atoms with E-state index in [-0.39, 0.29) is 5.78 Å². The lowest BCUT2D eigenvalue weighted by Crippen LogP contribution is -2.37. The predicted molar refractivity (Wildman–Crippen MR) is 92.6 cm³/mol. The van der Waals surface area contributed by atoms with E-state index in [0.717, 1.165) is 16.7 Å². The highest BCUT2D eigenvalue weighted by Crippen LogP contribution is 2.30. The van der Waals surface area contributed by atoms with Crippen LogP contribution < -0.4 is 4.74 Å². The summed E-state index contributed by atoms with van der Waals surface area (Å²) < 4.78 is 7.25. The number of ketones is 1. The monoisotopic (exact) mass is 340 g/mol. The Morgan fingerprint density at radius 1 is 1.36 bits per heavy atom. The van der Waals surface area contributed by atoms with Gasteiger partial charge in [0.25, 0.3) is 0 Å². The van der Waals surface area contributed by atoms with Crippen molar-refractivity contribution in [1.82, 2.24) is 9.78 Å². The second-order valence-electron chi connectivity index (χ2n) is 6.68. The maximum atomic E-state index is 12.7. The zero-order valence-corrected chi connectivity index (χ0v) is 14.4. The third kappa shape index (κ3) is 3.47. The van der Waals surface area contributed by atoms with E-state index >= 15 is 0 Å². The molecule has 0 amide bonds. The van der Waals surface area contributed by atoms with Gasteiger partial charge in [-0.1, -0.05) is 0 Å². The van der Waals surface area contributed by atoms with Crippen molar-refractivity contribution >= 4 is 17.8 Å². The first-order chi connectivity index (χ1) is 11.8. The van der Waals surface area contributed by atoms with E-state index in [4.69, 9.17) is 9.84 Å². The predicted octanol–water partition coefficient (Wildman–Crippen LogP) is 2.87. The minimum absolute atomic E-state index is 0.00542. The van der Waals surface area contributed by atoms with Gasteiger partial charge < -0.3 is 9.84 Å². The largest absolute Gasteiger partial charge is 0.478 e. The molecule has 25 heavy (non-hydrogen) atoms. The van der Waals surface area contributed by atoms with Gasteiger partial charge in [-0.2, -0.15) is 5.10 Å². The van der Waals surface area contributed by atoms with Crippen LogP contribution in [-0.2, 0) is 18.3 Å². The molecular formula is C19H20N2O4. The summed E-state index contributed by atoms with van der Waals surface area (Å²) in [7, 11) is 1.83. The molecule has 1 N–H and O–H groups in total. The Kier molecular flexibility index (Phi) is 4.20. The summed E-state index contributed by atoms with van der Waals surface area (Å²) in [6.45, 7) is 2.99. The Morgan fingerprint density at radius 2 is 2.12 bits per heavy atom. The van der Waals surface area contributed by atoms with Gasteiger partial charge in [-0.15, -0.1) is 0 Å². The third-order valence-corrected chi connectivity index (χ3v) is 4.23. The van der Waals surface area contributed by atoms with Crippen molar-refractivity contribution in [2.75, 3.05) is 0 Å². The number of hydrogen-bond donors (Lipinski definition) is 1. The maximum Gasteiger partial charge on any atom is 0.347 e. The fourth-order valence-electron chi connectivity index (χ4n) is 2.81. The first-order valence-corrected chi connectivity index (χ1v) is 8.05. The molecule has 0 spiro atoms. The number of rotatable bonds is 4. The van der Waals surface area contributed by atoms with E-state index in [1.165, 1.54) is 13.8 Å². The first kappa shape index (κ1) is 17.0. The Labute approximate surface area is 145 Å². The van der Waals surface area contributed by atoms with E-state index in [0.29, 0.717) is 24.2 Å². The number of carboxylic acids is 1. The lowest BCUT2D eigenvalue weighted by atomic mass is 9.86. The number of carbonyl (C=O) groups excluding carboxylic acids is 1. The summed E-state index contributed by atoms with van der Waals surface area (Å²) in [5.41, 5.74) is 1.85. The normalized spacial score (nSPS) is 16.0. The molecule has 1 aliphatic rings. The Hall–Kier alpha value is -2.89. The summed E-state index contributed by atoms with van der Waals surface area (Å²) in [4.78, 5) is 23.9. The van der Waals surface area contributed by atoms with Crippen molar-refractivity contribution in [2.45, 2.75) is 32.3 Å². The molecule has 0 aliphatic heterocycles. The smallest absolute Gasteiger partial charge is 0.347 e. The molecule has 0 saturated carbocycles. The quantitative estimate of drug-likeness (QED) is 0.866. The second kappa shape index (κ2) is 6.20.